The van der Waals surface area contributed by atoms with Crippen LogP contribution in [0, 0.1) is 12.8 Å². The molecule has 132 valence electrons. The first-order chi connectivity index (χ1) is 11.1. The van der Waals surface area contributed by atoms with Crippen molar-refractivity contribution >= 4 is 35.6 Å². The second kappa shape index (κ2) is 8.49. The highest BCUT2D eigenvalue weighted by molar-refractivity contribution is 6.31. The van der Waals surface area contributed by atoms with Crippen molar-refractivity contribution in [3.05, 3.63) is 22.5 Å². The SMILES string of the molecule is Cc1nn(CC(C)C)c(Cl)c1/C=C/C(=O)O[C@H](C)C(=O)NC(N)=O. The van der Waals surface area contributed by atoms with Crippen LogP contribution in [-0.2, 0) is 20.9 Å². The van der Waals surface area contributed by atoms with Gasteiger partial charge in [-0.3, -0.25) is 14.8 Å². The smallest absolute Gasteiger partial charge is 0.331 e. The lowest BCUT2D eigenvalue weighted by Gasteiger charge is -2.10. The fourth-order valence-corrected chi connectivity index (χ4v) is 2.17. The number of nitrogens with zero attached hydrogens (tertiary/aromatic N) is 2. The van der Waals surface area contributed by atoms with E-state index >= 15 is 0 Å². The van der Waals surface area contributed by atoms with Gasteiger partial charge in [0, 0.05) is 18.2 Å². The van der Waals surface area contributed by atoms with Gasteiger partial charge >= 0.3 is 12.0 Å². The Balaban J connectivity index is 2.75. The van der Waals surface area contributed by atoms with Crippen LogP contribution in [0.4, 0.5) is 4.79 Å². The van der Waals surface area contributed by atoms with E-state index in [9.17, 15) is 14.4 Å². The number of amides is 3. The normalized spacial score (nSPS) is 12.4. The third kappa shape index (κ3) is 5.69. The molecule has 0 bridgehead atoms. The number of primary amides is 1. The zero-order valence-electron chi connectivity index (χ0n) is 14.0. The number of halogens is 1. The van der Waals surface area contributed by atoms with Crippen molar-refractivity contribution in [1.82, 2.24) is 15.1 Å². The van der Waals surface area contributed by atoms with Gasteiger partial charge in [0.1, 0.15) is 5.15 Å². The minimum atomic E-state index is -1.16. The molecule has 0 spiro atoms. The molecule has 1 aromatic heterocycles. The Labute approximate surface area is 145 Å². The van der Waals surface area contributed by atoms with Gasteiger partial charge in [0.25, 0.3) is 5.91 Å². The molecule has 1 aromatic rings. The van der Waals surface area contributed by atoms with E-state index in [2.05, 4.69) is 5.10 Å². The number of hydrogen-bond donors (Lipinski definition) is 2. The summed E-state index contributed by atoms with van der Waals surface area (Å²) in [5.74, 6) is -1.19. The molecule has 24 heavy (non-hydrogen) atoms. The lowest BCUT2D eigenvalue weighted by Crippen LogP contribution is -2.42. The summed E-state index contributed by atoms with van der Waals surface area (Å²) in [5, 5.41) is 6.56. The Morgan fingerprint density at radius 1 is 1.38 bits per heavy atom. The number of esters is 1. The van der Waals surface area contributed by atoms with Gasteiger partial charge in [0.05, 0.1) is 5.69 Å². The second-order valence-electron chi connectivity index (χ2n) is 5.63. The molecule has 1 rings (SSSR count). The van der Waals surface area contributed by atoms with Crippen molar-refractivity contribution in [3.63, 3.8) is 0 Å². The molecule has 0 unspecified atom stereocenters. The topological polar surface area (TPSA) is 116 Å². The van der Waals surface area contributed by atoms with Crippen LogP contribution in [0.1, 0.15) is 32.0 Å². The van der Waals surface area contributed by atoms with E-state index in [1.807, 2.05) is 19.2 Å². The third-order valence-corrected chi connectivity index (χ3v) is 3.34. The molecule has 0 fully saturated rings. The largest absolute Gasteiger partial charge is 0.449 e. The van der Waals surface area contributed by atoms with Gasteiger partial charge < -0.3 is 10.5 Å². The molecule has 3 N–H and O–H groups in total. The van der Waals surface area contributed by atoms with Gasteiger partial charge in [-0.1, -0.05) is 25.4 Å². The number of nitrogens with two attached hydrogens (primary N) is 1. The summed E-state index contributed by atoms with van der Waals surface area (Å²) in [5.41, 5.74) is 6.09. The van der Waals surface area contributed by atoms with E-state index in [0.29, 0.717) is 28.9 Å². The van der Waals surface area contributed by atoms with E-state index in [1.54, 1.807) is 11.6 Å². The van der Waals surface area contributed by atoms with Crippen LogP contribution in [-0.4, -0.2) is 33.8 Å². The quantitative estimate of drug-likeness (QED) is 0.593. The number of carbonyl (C=O) groups is 3. The molecule has 0 saturated heterocycles. The Morgan fingerprint density at radius 2 is 2.00 bits per heavy atom. The van der Waals surface area contributed by atoms with E-state index in [4.69, 9.17) is 22.1 Å². The number of urea groups is 1. The maximum absolute atomic E-state index is 11.7. The monoisotopic (exact) mass is 356 g/mol. The van der Waals surface area contributed by atoms with Gasteiger partial charge in [-0.15, -0.1) is 0 Å². The highest BCUT2D eigenvalue weighted by Gasteiger charge is 2.18. The van der Waals surface area contributed by atoms with Crippen molar-refractivity contribution in [2.75, 3.05) is 0 Å². The molecule has 0 aromatic carbocycles. The number of rotatable bonds is 6. The molecule has 1 atom stereocenters. The molecule has 8 nitrogen and oxygen atoms in total. The van der Waals surface area contributed by atoms with E-state index < -0.39 is 24.0 Å². The van der Waals surface area contributed by atoms with Crippen LogP contribution in [0.5, 0.6) is 0 Å². The summed E-state index contributed by atoms with van der Waals surface area (Å²) >= 11 is 6.25. The minimum absolute atomic E-state index is 0.369. The van der Waals surface area contributed by atoms with Crippen molar-refractivity contribution in [1.29, 1.82) is 0 Å². The Hall–Kier alpha value is -2.35. The molecule has 3 amide bonds. The summed E-state index contributed by atoms with van der Waals surface area (Å²) in [6.45, 7) is 7.83. The van der Waals surface area contributed by atoms with Gasteiger partial charge in [-0.25, -0.2) is 9.59 Å². The zero-order valence-corrected chi connectivity index (χ0v) is 14.8. The summed E-state index contributed by atoms with van der Waals surface area (Å²) < 4.78 is 6.53. The fraction of sp³-hybridized carbons (Fsp3) is 0.467. The first-order valence-electron chi connectivity index (χ1n) is 7.33. The molecule has 0 aliphatic carbocycles. The zero-order chi connectivity index (χ0) is 18.4. The molecule has 0 saturated carbocycles. The molecular formula is C15H21ClN4O4. The molecular weight excluding hydrogens is 336 g/mol. The van der Waals surface area contributed by atoms with Crippen molar-refractivity contribution in [3.8, 4) is 0 Å². The Kier molecular flexibility index (Phi) is 6.97. The second-order valence-corrected chi connectivity index (χ2v) is 5.99. The lowest BCUT2D eigenvalue weighted by atomic mass is 10.2. The van der Waals surface area contributed by atoms with E-state index in [1.165, 1.54) is 13.0 Å². The van der Waals surface area contributed by atoms with E-state index in [-0.39, 0.29) is 0 Å². The Morgan fingerprint density at radius 3 is 2.54 bits per heavy atom. The van der Waals surface area contributed by atoms with Crippen molar-refractivity contribution in [2.24, 2.45) is 11.7 Å². The highest BCUT2D eigenvalue weighted by Crippen LogP contribution is 2.22. The number of aromatic nitrogens is 2. The van der Waals surface area contributed by atoms with Crippen LogP contribution in [0.2, 0.25) is 5.15 Å². The molecule has 0 radical (unpaired) electrons. The van der Waals surface area contributed by atoms with Gasteiger partial charge in [0.15, 0.2) is 6.10 Å². The third-order valence-electron chi connectivity index (χ3n) is 2.94. The van der Waals surface area contributed by atoms with Gasteiger partial charge in [0.2, 0.25) is 0 Å². The van der Waals surface area contributed by atoms with Crippen LogP contribution in [0.3, 0.4) is 0 Å². The van der Waals surface area contributed by atoms with Gasteiger partial charge in [-0.2, -0.15) is 5.10 Å². The molecule has 9 heteroatoms. The summed E-state index contributed by atoms with van der Waals surface area (Å²) in [7, 11) is 0. The number of hydrogen-bond acceptors (Lipinski definition) is 5. The molecule has 1 heterocycles. The van der Waals surface area contributed by atoms with Crippen LogP contribution in [0.25, 0.3) is 6.08 Å². The van der Waals surface area contributed by atoms with Crippen LogP contribution >= 0.6 is 11.6 Å². The number of imide groups is 1. The number of carbonyl (C=O) groups excluding carboxylic acids is 3. The first-order valence-corrected chi connectivity index (χ1v) is 7.71. The first kappa shape index (κ1) is 19.7. The lowest BCUT2D eigenvalue weighted by molar-refractivity contribution is -0.149. The fourth-order valence-electron chi connectivity index (χ4n) is 1.86. The number of nitrogens with one attached hydrogen (secondary N) is 1. The maximum atomic E-state index is 11.7. The number of ether oxygens (including phenoxy) is 1. The summed E-state index contributed by atoms with van der Waals surface area (Å²) in [6.07, 6.45) is 1.46. The molecule has 0 aliphatic rings. The van der Waals surface area contributed by atoms with E-state index in [0.717, 1.165) is 6.08 Å². The predicted octanol–water partition coefficient (Wildman–Crippen LogP) is 1.64. The van der Waals surface area contributed by atoms with Crippen LogP contribution < -0.4 is 11.1 Å². The average molecular weight is 357 g/mol. The highest BCUT2D eigenvalue weighted by atomic mass is 35.5. The number of aryl methyl sites for hydroxylation is 1. The maximum Gasteiger partial charge on any atom is 0.331 e. The summed E-state index contributed by atoms with van der Waals surface area (Å²) in [4.78, 5) is 33.8. The van der Waals surface area contributed by atoms with Crippen molar-refractivity contribution < 1.29 is 19.1 Å². The minimum Gasteiger partial charge on any atom is -0.449 e. The standard InChI is InChI=1S/C15H21ClN4O4/c1-8(2)7-20-13(16)11(9(3)19-20)5-6-12(21)24-10(4)14(22)18-15(17)23/h5-6,8,10H,7H2,1-4H3,(H3,17,18,22,23)/b6-5+/t10-/m1/s1. The predicted molar refractivity (Wildman–Crippen MR) is 89.1 cm³/mol. The Bertz CT molecular complexity index is 667. The summed E-state index contributed by atoms with van der Waals surface area (Å²) in [6, 6.07) is -1.02. The average Bonchev–Trinajstić information content (AvgIpc) is 2.69. The van der Waals surface area contributed by atoms with Crippen molar-refractivity contribution in [2.45, 2.75) is 40.3 Å². The molecule has 0 aliphatic heterocycles. The van der Waals surface area contributed by atoms with Crippen LogP contribution in [0.15, 0.2) is 6.08 Å². The van der Waals surface area contributed by atoms with Gasteiger partial charge in [-0.05, 0) is 25.8 Å².